The highest BCUT2D eigenvalue weighted by Crippen LogP contribution is 2.34. The monoisotopic (exact) mass is 291 g/mol. The highest BCUT2D eigenvalue weighted by Gasteiger charge is 2.27. The molecule has 1 aliphatic rings. The van der Waals surface area contributed by atoms with Crippen LogP contribution >= 0.6 is 11.3 Å². The predicted octanol–water partition coefficient (Wildman–Crippen LogP) is 2.24. The summed E-state index contributed by atoms with van der Waals surface area (Å²) in [7, 11) is 0. The topological polar surface area (TPSA) is 64.0 Å². The number of carbonyl (C=O) groups excluding carboxylic acids is 1. The molecular weight excluding hydrogens is 274 g/mol. The van der Waals surface area contributed by atoms with E-state index in [0.29, 0.717) is 21.8 Å². The lowest BCUT2D eigenvalue weighted by molar-refractivity contribution is 0.0944. The number of fused-ring (bicyclic) bond motifs is 1. The number of hydrogen-bond acceptors (Lipinski definition) is 4. The van der Waals surface area contributed by atoms with Crippen LogP contribution in [0.3, 0.4) is 0 Å². The van der Waals surface area contributed by atoms with Crippen LogP contribution in [0.4, 0.5) is 0 Å². The lowest BCUT2D eigenvalue weighted by atomic mass is 10.2. The molecule has 0 saturated heterocycles. The molecule has 20 heavy (non-hydrogen) atoms. The van der Waals surface area contributed by atoms with Gasteiger partial charge in [0, 0.05) is 17.0 Å². The number of aryl methyl sites for hydroxylation is 1. The molecule has 0 radical (unpaired) electrons. The molecule has 2 aromatic heterocycles. The normalized spacial score (nSPS) is 15.0. The third-order valence-corrected chi connectivity index (χ3v) is 4.47. The summed E-state index contributed by atoms with van der Waals surface area (Å²) in [5.41, 5.74) is 1.06. The number of aromatic nitrogens is 2. The lowest BCUT2D eigenvalue weighted by Gasteiger charge is -2.08. The Morgan fingerprint density at radius 2 is 2.20 bits per heavy atom. The van der Waals surface area contributed by atoms with Gasteiger partial charge in [-0.3, -0.25) is 14.2 Å². The van der Waals surface area contributed by atoms with Crippen LogP contribution in [0.2, 0.25) is 0 Å². The highest BCUT2D eigenvalue weighted by molar-refractivity contribution is 7.19. The van der Waals surface area contributed by atoms with E-state index in [1.165, 1.54) is 11.3 Å². The molecule has 0 unspecified atom stereocenters. The molecule has 2 heterocycles. The van der Waals surface area contributed by atoms with Gasteiger partial charge in [-0.05, 0) is 33.6 Å². The second kappa shape index (κ2) is 4.70. The van der Waals surface area contributed by atoms with Crippen molar-refractivity contribution in [3.8, 4) is 0 Å². The van der Waals surface area contributed by atoms with Gasteiger partial charge in [0.05, 0.1) is 11.9 Å². The zero-order chi connectivity index (χ0) is 14.4. The maximum absolute atomic E-state index is 12.4. The van der Waals surface area contributed by atoms with Gasteiger partial charge in [-0.15, -0.1) is 11.3 Å². The third kappa shape index (κ3) is 2.14. The SMILES string of the molecule is Cc1sc2c(=O)n(C3CC3)cnc2c1C(=O)NC(C)C. The fourth-order valence-corrected chi connectivity index (χ4v) is 3.35. The minimum atomic E-state index is -0.153. The van der Waals surface area contributed by atoms with Crippen molar-refractivity contribution in [1.82, 2.24) is 14.9 Å². The van der Waals surface area contributed by atoms with E-state index in [-0.39, 0.29) is 17.5 Å². The maximum Gasteiger partial charge on any atom is 0.271 e. The van der Waals surface area contributed by atoms with Gasteiger partial charge in [-0.1, -0.05) is 0 Å². The first-order valence-corrected chi connectivity index (χ1v) is 7.61. The fourth-order valence-electron chi connectivity index (χ4n) is 2.31. The van der Waals surface area contributed by atoms with E-state index in [2.05, 4.69) is 10.3 Å². The molecule has 1 fully saturated rings. The van der Waals surface area contributed by atoms with E-state index in [9.17, 15) is 9.59 Å². The Kier molecular flexibility index (Phi) is 3.12. The van der Waals surface area contributed by atoms with Gasteiger partial charge in [-0.25, -0.2) is 4.98 Å². The van der Waals surface area contributed by atoms with E-state index in [1.807, 2.05) is 20.8 Å². The summed E-state index contributed by atoms with van der Waals surface area (Å²) in [5.74, 6) is -0.153. The van der Waals surface area contributed by atoms with Crippen molar-refractivity contribution in [2.75, 3.05) is 0 Å². The van der Waals surface area contributed by atoms with E-state index in [0.717, 1.165) is 17.7 Å². The molecule has 2 aromatic rings. The summed E-state index contributed by atoms with van der Waals surface area (Å²) in [5, 5.41) is 2.87. The molecular formula is C14H17N3O2S. The molecule has 1 saturated carbocycles. The molecule has 0 bridgehead atoms. The second-order valence-electron chi connectivity index (χ2n) is 5.53. The minimum absolute atomic E-state index is 0.0193. The highest BCUT2D eigenvalue weighted by atomic mass is 32.1. The first-order valence-electron chi connectivity index (χ1n) is 6.80. The Morgan fingerprint density at radius 1 is 1.50 bits per heavy atom. The fraction of sp³-hybridized carbons (Fsp3) is 0.500. The van der Waals surface area contributed by atoms with Gasteiger partial charge >= 0.3 is 0 Å². The lowest BCUT2D eigenvalue weighted by Crippen LogP contribution is -2.30. The van der Waals surface area contributed by atoms with Crippen molar-refractivity contribution in [1.29, 1.82) is 0 Å². The molecule has 1 N–H and O–H groups in total. The van der Waals surface area contributed by atoms with Crippen LogP contribution < -0.4 is 10.9 Å². The molecule has 1 amide bonds. The molecule has 1 aliphatic carbocycles. The molecule has 106 valence electrons. The molecule has 6 heteroatoms. The van der Waals surface area contributed by atoms with Crippen LogP contribution in [0, 0.1) is 6.92 Å². The van der Waals surface area contributed by atoms with Crippen molar-refractivity contribution in [3.63, 3.8) is 0 Å². The van der Waals surface area contributed by atoms with Crippen molar-refractivity contribution < 1.29 is 4.79 Å². The Morgan fingerprint density at radius 3 is 2.80 bits per heavy atom. The zero-order valence-corrected chi connectivity index (χ0v) is 12.6. The summed E-state index contributed by atoms with van der Waals surface area (Å²) < 4.78 is 2.29. The first-order chi connectivity index (χ1) is 9.49. The second-order valence-corrected chi connectivity index (χ2v) is 6.75. The molecule has 0 aromatic carbocycles. The largest absolute Gasteiger partial charge is 0.350 e. The standard InChI is InChI=1S/C14H17N3O2S/c1-7(2)16-13(18)10-8(3)20-12-11(10)15-6-17(14(12)19)9-4-5-9/h6-7,9H,4-5H2,1-3H3,(H,16,18). The van der Waals surface area contributed by atoms with Gasteiger partial charge in [-0.2, -0.15) is 0 Å². The van der Waals surface area contributed by atoms with Gasteiger partial charge in [0.15, 0.2) is 0 Å². The van der Waals surface area contributed by atoms with E-state index >= 15 is 0 Å². The van der Waals surface area contributed by atoms with Crippen LogP contribution in [0.1, 0.15) is 48.0 Å². The third-order valence-electron chi connectivity index (χ3n) is 3.39. The number of thiophene rings is 1. The summed E-state index contributed by atoms with van der Waals surface area (Å²) in [6, 6.07) is 0.360. The smallest absolute Gasteiger partial charge is 0.271 e. The van der Waals surface area contributed by atoms with E-state index in [4.69, 9.17) is 0 Å². The minimum Gasteiger partial charge on any atom is -0.350 e. The van der Waals surface area contributed by atoms with Gasteiger partial charge in [0.25, 0.3) is 11.5 Å². The van der Waals surface area contributed by atoms with Crippen LogP contribution in [-0.2, 0) is 0 Å². The van der Waals surface area contributed by atoms with E-state index in [1.54, 1.807) is 10.9 Å². The number of carbonyl (C=O) groups is 1. The van der Waals surface area contributed by atoms with Crippen molar-refractivity contribution in [2.45, 2.75) is 45.7 Å². The van der Waals surface area contributed by atoms with Crippen molar-refractivity contribution in [2.24, 2.45) is 0 Å². The Labute approximate surface area is 120 Å². The van der Waals surface area contributed by atoms with Crippen LogP contribution in [-0.4, -0.2) is 21.5 Å². The van der Waals surface area contributed by atoms with Crippen molar-refractivity contribution >= 4 is 27.5 Å². The van der Waals surface area contributed by atoms with Gasteiger partial charge in [0.2, 0.25) is 0 Å². The molecule has 5 nitrogen and oxygen atoms in total. The number of amides is 1. The summed E-state index contributed by atoms with van der Waals surface area (Å²) in [6.45, 7) is 5.69. The molecule has 0 aliphatic heterocycles. The van der Waals surface area contributed by atoms with Gasteiger partial charge < -0.3 is 5.32 Å². The van der Waals surface area contributed by atoms with Gasteiger partial charge in [0.1, 0.15) is 10.2 Å². The number of nitrogens with zero attached hydrogens (tertiary/aromatic N) is 2. The van der Waals surface area contributed by atoms with Crippen LogP contribution in [0.5, 0.6) is 0 Å². The average molecular weight is 291 g/mol. The Balaban J connectivity index is 2.14. The predicted molar refractivity (Wildman–Crippen MR) is 79.5 cm³/mol. The number of rotatable bonds is 3. The average Bonchev–Trinajstić information content (AvgIpc) is 3.12. The van der Waals surface area contributed by atoms with Crippen LogP contribution in [0.15, 0.2) is 11.1 Å². The summed E-state index contributed by atoms with van der Waals surface area (Å²) >= 11 is 1.36. The molecule has 3 rings (SSSR count). The molecule has 0 spiro atoms. The number of nitrogens with one attached hydrogen (secondary N) is 1. The first kappa shape index (κ1) is 13.3. The van der Waals surface area contributed by atoms with Crippen LogP contribution in [0.25, 0.3) is 10.2 Å². The van der Waals surface area contributed by atoms with Crippen molar-refractivity contribution in [3.05, 3.63) is 27.1 Å². The quantitative estimate of drug-likeness (QED) is 0.943. The Bertz CT molecular complexity index is 741. The van der Waals surface area contributed by atoms with E-state index < -0.39 is 0 Å². The summed E-state index contributed by atoms with van der Waals surface area (Å²) in [4.78, 5) is 29.9. The zero-order valence-electron chi connectivity index (χ0n) is 11.8. The Hall–Kier alpha value is -1.69. The summed E-state index contributed by atoms with van der Waals surface area (Å²) in [6.07, 6.45) is 3.66. The maximum atomic E-state index is 12.4. The number of hydrogen-bond donors (Lipinski definition) is 1. The molecule has 0 atom stereocenters.